The maximum atomic E-state index is 13.2. The van der Waals surface area contributed by atoms with E-state index in [9.17, 15) is 29.1 Å². The number of rotatable bonds is 18. The average molecular weight is 711 g/mol. The molecule has 5 N–H and O–H groups in total. The van der Waals surface area contributed by atoms with Crippen molar-refractivity contribution in [1.29, 1.82) is 0 Å². The number of aromatic nitrogens is 1. The van der Waals surface area contributed by atoms with Crippen LogP contribution in [-0.4, -0.2) is 81.7 Å². The van der Waals surface area contributed by atoms with Gasteiger partial charge in [-0.05, 0) is 58.3 Å². The van der Waals surface area contributed by atoms with Gasteiger partial charge in [-0.25, -0.2) is 14.8 Å². The van der Waals surface area contributed by atoms with Crippen LogP contribution < -0.4 is 21.4 Å². The maximum Gasteiger partial charge on any atom is 0.429 e. The molecule has 0 aromatic carbocycles. The van der Waals surface area contributed by atoms with Crippen LogP contribution in [0.15, 0.2) is 5.38 Å². The highest BCUT2D eigenvalue weighted by Gasteiger charge is 2.31. The van der Waals surface area contributed by atoms with E-state index in [4.69, 9.17) is 4.74 Å². The number of nitrogens with zero attached hydrogens (tertiary/aromatic N) is 2. The number of carbonyl (C=O) groups excluding carboxylic acids is 5. The number of nitrogens with one attached hydrogen (secondary N) is 4. The zero-order chi connectivity index (χ0) is 37.6. The van der Waals surface area contributed by atoms with Crippen LogP contribution in [0.3, 0.4) is 0 Å². The van der Waals surface area contributed by atoms with E-state index >= 15 is 0 Å². The number of aliphatic hydroxyl groups excluding tert-OH is 1. The second-order valence-corrected chi connectivity index (χ2v) is 16.2. The molecular formula is C35H62N6O7S. The standard InChI is InChI=1S/C35H62N6O7S/c1-20(2)15-26(27(42)16-23(7)31(44)39-30(22(5)6)33(46)36-18-21(3)4)38-28(43)13-14-41(34(47)48-35(10,11)12)40-32(45)24(8)17-29-37-25(9)19-49-29/h19-24,26-27,30,42H,13-18H2,1-12H3,(H,36,46)(H,38,43)(H,39,44)(H,40,45). The fourth-order valence-corrected chi connectivity index (χ4v) is 5.70. The van der Waals surface area contributed by atoms with Gasteiger partial charge in [-0.1, -0.05) is 55.4 Å². The Hall–Kier alpha value is -3.26. The molecule has 0 saturated heterocycles. The predicted molar refractivity (Wildman–Crippen MR) is 191 cm³/mol. The number of hydrazine groups is 1. The number of thiazole rings is 1. The zero-order valence-electron chi connectivity index (χ0n) is 31.6. The maximum absolute atomic E-state index is 13.2. The van der Waals surface area contributed by atoms with Gasteiger partial charge < -0.3 is 25.8 Å². The van der Waals surface area contributed by atoms with Gasteiger partial charge in [-0.2, -0.15) is 0 Å². The molecule has 1 aromatic heterocycles. The van der Waals surface area contributed by atoms with E-state index in [-0.39, 0.29) is 49.0 Å². The minimum Gasteiger partial charge on any atom is -0.442 e. The van der Waals surface area contributed by atoms with Gasteiger partial charge in [0.05, 0.1) is 23.7 Å². The van der Waals surface area contributed by atoms with Crippen molar-refractivity contribution >= 4 is 41.1 Å². The third-order valence-corrected chi connectivity index (χ3v) is 8.52. The van der Waals surface area contributed by atoms with Crippen molar-refractivity contribution in [2.75, 3.05) is 13.1 Å². The van der Waals surface area contributed by atoms with E-state index in [1.807, 2.05) is 53.8 Å². The van der Waals surface area contributed by atoms with Crippen LogP contribution in [0.5, 0.6) is 0 Å². The molecule has 49 heavy (non-hydrogen) atoms. The molecule has 1 heterocycles. The van der Waals surface area contributed by atoms with Crippen molar-refractivity contribution in [3.63, 3.8) is 0 Å². The summed E-state index contributed by atoms with van der Waals surface area (Å²) in [5.41, 5.74) is 2.64. The smallest absolute Gasteiger partial charge is 0.429 e. The number of ether oxygens (including phenoxy) is 1. The molecule has 0 spiro atoms. The first-order valence-electron chi connectivity index (χ1n) is 17.4. The molecule has 5 unspecified atom stereocenters. The predicted octanol–water partition coefficient (Wildman–Crippen LogP) is 4.12. The molecule has 0 bridgehead atoms. The highest BCUT2D eigenvalue weighted by molar-refractivity contribution is 7.09. The van der Waals surface area contributed by atoms with Gasteiger partial charge >= 0.3 is 6.09 Å². The van der Waals surface area contributed by atoms with Crippen LogP contribution in [0.25, 0.3) is 0 Å². The minimum absolute atomic E-state index is 0.0541. The second-order valence-electron chi connectivity index (χ2n) is 15.2. The number of amides is 5. The van der Waals surface area contributed by atoms with Crippen LogP contribution in [0.1, 0.15) is 106 Å². The van der Waals surface area contributed by atoms with E-state index in [0.29, 0.717) is 19.4 Å². The summed E-state index contributed by atoms with van der Waals surface area (Å²) in [7, 11) is 0. The Kier molecular flexibility index (Phi) is 18.2. The summed E-state index contributed by atoms with van der Waals surface area (Å²) in [5.74, 6) is -2.40. The lowest BCUT2D eigenvalue weighted by atomic mass is 9.92. The lowest BCUT2D eigenvalue weighted by Crippen LogP contribution is -2.52. The quantitative estimate of drug-likeness (QED) is 0.141. The number of aryl methyl sites for hydroxylation is 1. The van der Waals surface area contributed by atoms with E-state index in [1.54, 1.807) is 34.6 Å². The topological polar surface area (TPSA) is 179 Å². The van der Waals surface area contributed by atoms with E-state index in [2.05, 4.69) is 26.4 Å². The summed E-state index contributed by atoms with van der Waals surface area (Å²) in [6, 6.07) is -1.39. The second kappa shape index (κ2) is 20.4. The molecule has 0 aliphatic heterocycles. The van der Waals surface area contributed by atoms with Gasteiger partial charge in [0, 0.05) is 42.3 Å². The fraction of sp³-hybridized carbons (Fsp3) is 0.771. The van der Waals surface area contributed by atoms with Crippen molar-refractivity contribution in [3.05, 3.63) is 16.1 Å². The Labute approximate surface area is 297 Å². The molecule has 0 fully saturated rings. The van der Waals surface area contributed by atoms with E-state index in [1.165, 1.54) is 11.3 Å². The molecule has 5 amide bonds. The molecule has 13 nitrogen and oxygen atoms in total. The lowest BCUT2D eigenvalue weighted by Gasteiger charge is -2.30. The summed E-state index contributed by atoms with van der Waals surface area (Å²) >= 11 is 1.46. The Morgan fingerprint density at radius 2 is 1.53 bits per heavy atom. The monoisotopic (exact) mass is 710 g/mol. The van der Waals surface area contributed by atoms with Crippen molar-refractivity contribution in [3.8, 4) is 0 Å². The van der Waals surface area contributed by atoms with Crippen molar-refractivity contribution in [1.82, 2.24) is 31.4 Å². The van der Waals surface area contributed by atoms with E-state index < -0.39 is 53.5 Å². The third kappa shape index (κ3) is 17.3. The van der Waals surface area contributed by atoms with Crippen LogP contribution in [0, 0.1) is 36.5 Å². The van der Waals surface area contributed by atoms with Gasteiger partial charge in [0.25, 0.3) is 0 Å². The fourth-order valence-electron chi connectivity index (χ4n) is 4.80. The van der Waals surface area contributed by atoms with Crippen molar-refractivity contribution in [2.24, 2.45) is 29.6 Å². The summed E-state index contributed by atoms with van der Waals surface area (Å²) in [4.78, 5) is 69.5. The molecule has 5 atom stereocenters. The Morgan fingerprint density at radius 1 is 0.898 bits per heavy atom. The summed E-state index contributed by atoms with van der Waals surface area (Å²) < 4.78 is 5.48. The lowest BCUT2D eigenvalue weighted by molar-refractivity contribution is -0.132. The largest absolute Gasteiger partial charge is 0.442 e. The molecular weight excluding hydrogens is 648 g/mol. The third-order valence-electron chi connectivity index (χ3n) is 7.53. The highest BCUT2D eigenvalue weighted by atomic mass is 32.1. The number of hydrogen-bond donors (Lipinski definition) is 5. The van der Waals surface area contributed by atoms with Crippen LogP contribution in [0.2, 0.25) is 0 Å². The molecule has 1 rings (SSSR count). The highest BCUT2D eigenvalue weighted by Crippen LogP contribution is 2.18. The van der Waals surface area contributed by atoms with Gasteiger partial charge in [-0.15, -0.1) is 11.3 Å². The first-order valence-corrected chi connectivity index (χ1v) is 18.2. The van der Waals surface area contributed by atoms with Crippen molar-refractivity contribution < 1.29 is 33.8 Å². The zero-order valence-corrected chi connectivity index (χ0v) is 32.5. The van der Waals surface area contributed by atoms with E-state index in [0.717, 1.165) is 15.7 Å². The Balaban J connectivity index is 2.93. The SMILES string of the molecule is Cc1csc(CC(C)C(=O)NN(CCC(=O)NC(CC(C)C)C(O)CC(C)C(=O)NC(C(=O)NCC(C)C)C(C)C)C(=O)OC(C)(C)C)n1. The Morgan fingerprint density at radius 3 is 2.04 bits per heavy atom. The van der Waals surface area contributed by atoms with Gasteiger partial charge in [0.1, 0.15) is 11.6 Å². The summed E-state index contributed by atoms with van der Waals surface area (Å²) in [5, 5.41) is 23.5. The average Bonchev–Trinajstić information content (AvgIpc) is 3.38. The molecule has 1 aromatic rings. The molecule has 0 aliphatic carbocycles. The molecule has 280 valence electrons. The molecule has 0 aliphatic rings. The Bertz CT molecular complexity index is 1230. The van der Waals surface area contributed by atoms with Crippen LogP contribution in [-0.2, 0) is 30.3 Å². The van der Waals surface area contributed by atoms with Gasteiger partial charge in [0.15, 0.2) is 0 Å². The number of hydrogen-bond acceptors (Lipinski definition) is 9. The van der Waals surface area contributed by atoms with Crippen molar-refractivity contribution in [2.45, 2.75) is 133 Å². The summed E-state index contributed by atoms with van der Waals surface area (Å²) in [6.45, 7) is 22.3. The molecule has 0 radical (unpaired) electrons. The molecule has 14 heteroatoms. The minimum atomic E-state index is -1.06. The summed E-state index contributed by atoms with van der Waals surface area (Å²) in [6.07, 6.45) is -1.16. The van der Waals surface area contributed by atoms with Crippen LogP contribution in [0.4, 0.5) is 4.79 Å². The number of aliphatic hydroxyl groups is 1. The first kappa shape index (κ1) is 43.8. The van der Waals surface area contributed by atoms with Gasteiger partial charge in [-0.3, -0.25) is 24.6 Å². The van der Waals surface area contributed by atoms with Gasteiger partial charge in [0.2, 0.25) is 23.6 Å². The van der Waals surface area contributed by atoms with Crippen LogP contribution >= 0.6 is 11.3 Å². The first-order chi connectivity index (χ1) is 22.6. The number of carbonyl (C=O) groups is 5. The molecule has 0 saturated carbocycles. The normalized spacial score (nSPS) is 14.9.